The lowest BCUT2D eigenvalue weighted by atomic mass is 9.99. The minimum Gasteiger partial charge on any atom is -0.326 e. The molecule has 20 heavy (non-hydrogen) atoms. The van der Waals surface area contributed by atoms with Crippen molar-refractivity contribution in [3.63, 3.8) is 0 Å². The summed E-state index contributed by atoms with van der Waals surface area (Å²) in [6.45, 7) is 2.87. The van der Waals surface area contributed by atoms with Crippen LogP contribution in [-0.4, -0.2) is 23.0 Å². The second-order valence-corrected chi connectivity index (χ2v) is 6.05. The van der Waals surface area contributed by atoms with Gasteiger partial charge in [0.05, 0.1) is 0 Å². The Hall–Kier alpha value is -1.23. The maximum Gasteiger partial charge on any atom is 0.0497 e. The van der Waals surface area contributed by atoms with E-state index in [1.807, 2.05) is 31.3 Å². The molecular formula is C16H20BrN3. The normalized spacial score (nSPS) is 14.2. The van der Waals surface area contributed by atoms with E-state index in [1.165, 1.54) is 11.1 Å². The van der Waals surface area contributed by atoms with E-state index < -0.39 is 0 Å². The van der Waals surface area contributed by atoms with Crippen LogP contribution in [0.5, 0.6) is 0 Å². The molecule has 1 aromatic carbocycles. The lowest BCUT2D eigenvalue weighted by molar-refractivity contribution is 0.210. The van der Waals surface area contributed by atoms with Crippen LogP contribution >= 0.6 is 15.9 Å². The van der Waals surface area contributed by atoms with Crippen molar-refractivity contribution in [2.75, 3.05) is 7.05 Å². The maximum atomic E-state index is 6.20. The summed E-state index contributed by atoms with van der Waals surface area (Å²) in [4.78, 5) is 6.43. The number of halogens is 1. The van der Waals surface area contributed by atoms with Crippen LogP contribution in [0.2, 0.25) is 0 Å². The van der Waals surface area contributed by atoms with Gasteiger partial charge in [0.15, 0.2) is 0 Å². The zero-order valence-corrected chi connectivity index (χ0v) is 13.4. The molecule has 2 N–H and O–H groups in total. The molecule has 2 aromatic rings. The first-order valence-corrected chi connectivity index (χ1v) is 7.47. The molecule has 0 radical (unpaired) electrons. The first kappa shape index (κ1) is 15.2. The topological polar surface area (TPSA) is 42.1 Å². The van der Waals surface area contributed by atoms with E-state index in [2.05, 4.69) is 51.1 Å². The van der Waals surface area contributed by atoms with Gasteiger partial charge in [-0.3, -0.25) is 9.88 Å². The number of rotatable bonds is 5. The van der Waals surface area contributed by atoms with Gasteiger partial charge in [-0.1, -0.05) is 34.1 Å². The van der Waals surface area contributed by atoms with Gasteiger partial charge >= 0.3 is 0 Å². The minimum absolute atomic E-state index is 0.0472. The third-order valence-electron chi connectivity index (χ3n) is 3.32. The van der Waals surface area contributed by atoms with E-state index in [1.54, 1.807) is 6.20 Å². The molecule has 2 unspecified atom stereocenters. The number of hydrogen-bond acceptors (Lipinski definition) is 3. The molecule has 0 saturated heterocycles. The summed E-state index contributed by atoms with van der Waals surface area (Å²) in [7, 11) is 2.10. The highest BCUT2D eigenvalue weighted by atomic mass is 79.9. The molecule has 1 heterocycles. The number of hydrogen-bond donors (Lipinski definition) is 1. The third-order valence-corrected chi connectivity index (χ3v) is 3.81. The Morgan fingerprint density at radius 2 is 2.10 bits per heavy atom. The predicted molar refractivity (Wildman–Crippen MR) is 86.2 cm³/mol. The van der Waals surface area contributed by atoms with Crippen LogP contribution in [0, 0.1) is 0 Å². The molecule has 106 valence electrons. The van der Waals surface area contributed by atoms with Crippen molar-refractivity contribution in [3.05, 3.63) is 64.4 Å². The monoisotopic (exact) mass is 333 g/mol. The molecule has 0 amide bonds. The second kappa shape index (κ2) is 6.97. The zero-order chi connectivity index (χ0) is 14.5. The first-order chi connectivity index (χ1) is 9.58. The van der Waals surface area contributed by atoms with Gasteiger partial charge < -0.3 is 5.73 Å². The Kier molecular flexibility index (Phi) is 5.29. The van der Waals surface area contributed by atoms with Gasteiger partial charge in [0.1, 0.15) is 0 Å². The van der Waals surface area contributed by atoms with Crippen LogP contribution < -0.4 is 5.73 Å². The Morgan fingerprint density at radius 3 is 2.70 bits per heavy atom. The van der Waals surface area contributed by atoms with Gasteiger partial charge in [-0.05, 0) is 43.3 Å². The third kappa shape index (κ3) is 3.88. The van der Waals surface area contributed by atoms with Crippen molar-refractivity contribution in [2.45, 2.75) is 25.6 Å². The van der Waals surface area contributed by atoms with Crippen molar-refractivity contribution < 1.29 is 0 Å². The molecule has 2 atom stereocenters. The van der Waals surface area contributed by atoms with Crippen molar-refractivity contribution in [3.8, 4) is 0 Å². The summed E-state index contributed by atoms with van der Waals surface area (Å²) in [5.41, 5.74) is 8.61. The molecule has 0 aliphatic carbocycles. The van der Waals surface area contributed by atoms with Crippen molar-refractivity contribution in [2.24, 2.45) is 5.73 Å². The lowest BCUT2D eigenvalue weighted by Gasteiger charge is -2.31. The number of nitrogens with two attached hydrogens (primary N) is 1. The Morgan fingerprint density at radius 1 is 1.30 bits per heavy atom. The second-order valence-electron chi connectivity index (χ2n) is 5.14. The van der Waals surface area contributed by atoms with Crippen molar-refractivity contribution in [1.82, 2.24) is 9.88 Å². The first-order valence-electron chi connectivity index (χ1n) is 6.68. The smallest absolute Gasteiger partial charge is 0.0497 e. The van der Waals surface area contributed by atoms with Crippen LogP contribution in [-0.2, 0) is 6.54 Å². The molecule has 0 bridgehead atoms. The van der Waals surface area contributed by atoms with Crippen molar-refractivity contribution in [1.29, 1.82) is 0 Å². The molecule has 4 heteroatoms. The molecule has 0 aliphatic rings. The summed E-state index contributed by atoms with van der Waals surface area (Å²) >= 11 is 3.53. The van der Waals surface area contributed by atoms with E-state index in [-0.39, 0.29) is 12.1 Å². The largest absolute Gasteiger partial charge is 0.326 e. The van der Waals surface area contributed by atoms with Crippen LogP contribution in [0.1, 0.15) is 24.1 Å². The van der Waals surface area contributed by atoms with Crippen molar-refractivity contribution >= 4 is 15.9 Å². The summed E-state index contributed by atoms with van der Waals surface area (Å²) in [5, 5.41) is 0. The van der Waals surface area contributed by atoms with Gasteiger partial charge in [-0.15, -0.1) is 0 Å². The molecule has 0 fully saturated rings. The highest BCUT2D eigenvalue weighted by Crippen LogP contribution is 2.26. The van der Waals surface area contributed by atoms with Crippen LogP contribution in [0.15, 0.2) is 53.3 Å². The molecule has 2 rings (SSSR count). The number of benzene rings is 1. The Bertz CT molecular complexity index is 542. The molecule has 0 aliphatic heterocycles. The van der Waals surface area contributed by atoms with Crippen LogP contribution in [0.4, 0.5) is 0 Å². The fourth-order valence-corrected chi connectivity index (χ4v) is 2.94. The standard InChI is InChI=1S/C16H20BrN3/c1-12(18)16(14-6-3-7-15(17)9-14)20(2)11-13-5-4-8-19-10-13/h3-10,12,16H,11,18H2,1-2H3. The lowest BCUT2D eigenvalue weighted by Crippen LogP contribution is -2.37. The van der Waals surface area contributed by atoms with E-state index in [9.17, 15) is 0 Å². The van der Waals surface area contributed by atoms with E-state index in [4.69, 9.17) is 5.73 Å². The summed E-state index contributed by atoms with van der Waals surface area (Å²) in [5.74, 6) is 0. The number of likely N-dealkylation sites (N-methyl/N-ethyl adjacent to an activating group) is 1. The zero-order valence-electron chi connectivity index (χ0n) is 11.8. The average molecular weight is 334 g/mol. The van der Waals surface area contributed by atoms with Gasteiger partial charge in [0.25, 0.3) is 0 Å². The van der Waals surface area contributed by atoms with E-state index in [0.29, 0.717) is 0 Å². The van der Waals surface area contributed by atoms with Crippen LogP contribution in [0.3, 0.4) is 0 Å². The van der Waals surface area contributed by atoms with Gasteiger partial charge in [-0.2, -0.15) is 0 Å². The van der Waals surface area contributed by atoms with E-state index in [0.717, 1.165) is 11.0 Å². The van der Waals surface area contributed by atoms with Gasteiger partial charge in [-0.25, -0.2) is 0 Å². The van der Waals surface area contributed by atoms with Gasteiger partial charge in [0.2, 0.25) is 0 Å². The minimum atomic E-state index is 0.0472. The van der Waals surface area contributed by atoms with Crippen LogP contribution in [0.25, 0.3) is 0 Å². The highest BCUT2D eigenvalue weighted by molar-refractivity contribution is 9.10. The number of nitrogens with zero attached hydrogens (tertiary/aromatic N) is 2. The quantitative estimate of drug-likeness (QED) is 0.912. The summed E-state index contributed by atoms with van der Waals surface area (Å²) in [6.07, 6.45) is 3.69. The van der Waals surface area contributed by atoms with Gasteiger partial charge in [0, 0.05) is 35.5 Å². The molecule has 3 nitrogen and oxygen atoms in total. The van der Waals surface area contributed by atoms with E-state index >= 15 is 0 Å². The fraction of sp³-hybridized carbons (Fsp3) is 0.312. The SMILES string of the molecule is CC(N)C(c1cccc(Br)c1)N(C)Cc1cccnc1. The maximum absolute atomic E-state index is 6.20. The highest BCUT2D eigenvalue weighted by Gasteiger charge is 2.21. The average Bonchev–Trinajstić information content (AvgIpc) is 2.39. The molecular weight excluding hydrogens is 314 g/mol. The number of pyridine rings is 1. The summed E-state index contributed by atoms with van der Waals surface area (Å²) < 4.78 is 1.08. The Labute approximate surface area is 129 Å². The molecule has 0 spiro atoms. The predicted octanol–water partition coefficient (Wildman–Crippen LogP) is 3.36. The molecule has 1 aromatic heterocycles. The molecule has 0 saturated carbocycles. The Balaban J connectivity index is 2.20. The fourth-order valence-electron chi connectivity index (χ4n) is 2.53. The summed E-state index contributed by atoms with van der Waals surface area (Å²) in [6, 6.07) is 12.6. The number of aromatic nitrogens is 1.